The lowest BCUT2D eigenvalue weighted by molar-refractivity contribution is 0.0761. The predicted octanol–water partition coefficient (Wildman–Crippen LogP) is 3.26. The van der Waals surface area contributed by atoms with Gasteiger partial charge in [-0.25, -0.2) is 9.97 Å². The van der Waals surface area contributed by atoms with Crippen molar-refractivity contribution >= 4 is 17.5 Å². The first kappa shape index (κ1) is 19.7. The number of carbonyl (C=O) groups excluding carboxylic acids is 1. The number of aromatic nitrogens is 2. The van der Waals surface area contributed by atoms with Gasteiger partial charge >= 0.3 is 0 Å². The minimum atomic E-state index is -0.0127. The fourth-order valence-electron chi connectivity index (χ4n) is 3.24. The van der Waals surface area contributed by atoms with Crippen LogP contribution in [-0.4, -0.2) is 55.2 Å². The van der Waals surface area contributed by atoms with Crippen molar-refractivity contribution in [2.45, 2.75) is 25.7 Å². The van der Waals surface area contributed by atoms with Crippen LogP contribution in [0.15, 0.2) is 24.5 Å². The third kappa shape index (κ3) is 4.44. The molecule has 1 fully saturated rings. The Morgan fingerprint density at radius 1 is 0.929 bits per heavy atom. The second kappa shape index (κ2) is 9.25. The van der Waals surface area contributed by atoms with Gasteiger partial charge in [0.25, 0.3) is 5.91 Å². The fraction of sp³-hybridized carbons (Fsp3) is 0.450. The van der Waals surface area contributed by atoms with Crippen molar-refractivity contribution in [3.05, 3.63) is 30.1 Å². The van der Waals surface area contributed by atoms with E-state index < -0.39 is 0 Å². The van der Waals surface area contributed by atoms with Crippen LogP contribution in [0.25, 0.3) is 0 Å². The summed E-state index contributed by atoms with van der Waals surface area (Å²) in [6, 6.07) is 3.53. The zero-order valence-corrected chi connectivity index (χ0v) is 16.5. The summed E-state index contributed by atoms with van der Waals surface area (Å²) in [7, 11) is 4.66. The van der Waals surface area contributed by atoms with Crippen molar-refractivity contribution in [3.63, 3.8) is 0 Å². The van der Waals surface area contributed by atoms with Gasteiger partial charge in [0.05, 0.1) is 26.9 Å². The van der Waals surface area contributed by atoms with Crippen LogP contribution in [0.5, 0.6) is 17.2 Å². The molecule has 1 aromatic carbocycles. The molecule has 2 heterocycles. The number of benzene rings is 1. The van der Waals surface area contributed by atoms with Gasteiger partial charge in [0.2, 0.25) is 11.7 Å². The number of anilines is 2. The third-order valence-corrected chi connectivity index (χ3v) is 4.71. The average molecular weight is 386 g/mol. The van der Waals surface area contributed by atoms with Crippen molar-refractivity contribution in [2.24, 2.45) is 0 Å². The Bertz CT molecular complexity index is 777. The molecule has 8 heteroatoms. The Kier molecular flexibility index (Phi) is 6.52. The quantitative estimate of drug-likeness (QED) is 0.815. The number of carbonyl (C=O) groups is 1. The molecule has 2 aromatic rings. The molecule has 0 radical (unpaired) electrons. The molecule has 1 aliphatic heterocycles. The summed E-state index contributed by atoms with van der Waals surface area (Å²) in [5, 5.41) is 3.10. The van der Waals surface area contributed by atoms with E-state index in [4.69, 9.17) is 14.2 Å². The van der Waals surface area contributed by atoms with Crippen LogP contribution < -0.4 is 19.5 Å². The van der Waals surface area contributed by atoms with Gasteiger partial charge in [-0.15, -0.1) is 0 Å². The largest absolute Gasteiger partial charge is 0.493 e. The summed E-state index contributed by atoms with van der Waals surface area (Å²) >= 11 is 0. The molecule has 3 rings (SSSR count). The molecule has 0 atom stereocenters. The van der Waals surface area contributed by atoms with Gasteiger partial charge in [-0.2, -0.15) is 0 Å². The average Bonchev–Trinajstić information content (AvgIpc) is 3.02. The number of nitrogens with zero attached hydrogens (tertiary/aromatic N) is 3. The summed E-state index contributed by atoms with van der Waals surface area (Å²) < 4.78 is 16.0. The predicted molar refractivity (Wildman–Crippen MR) is 106 cm³/mol. The van der Waals surface area contributed by atoms with Gasteiger partial charge in [-0.3, -0.25) is 4.79 Å². The number of nitrogens with one attached hydrogen (secondary N) is 1. The first-order valence-corrected chi connectivity index (χ1v) is 9.34. The van der Waals surface area contributed by atoms with Crippen molar-refractivity contribution in [1.29, 1.82) is 0 Å². The Hall–Kier alpha value is -3.03. The van der Waals surface area contributed by atoms with Crippen LogP contribution >= 0.6 is 0 Å². The highest BCUT2D eigenvalue weighted by Gasteiger charge is 2.18. The lowest BCUT2D eigenvalue weighted by atomic mass is 10.2. The van der Waals surface area contributed by atoms with Gasteiger partial charge < -0.3 is 24.4 Å². The first-order valence-electron chi connectivity index (χ1n) is 9.34. The Morgan fingerprint density at radius 2 is 1.50 bits per heavy atom. The van der Waals surface area contributed by atoms with E-state index in [0.29, 0.717) is 34.4 Å². The van der Waals surface area contributed by atoms with Crippen molar-refractivity contribution in [1.82, 2.24) is 14.9 Å². The molecule has 1 saturated heterocycles. The van der Waals surface area contributed by atoms with Crippen LogP contribution in [-0.2, 0) is 0 Å². The molecule has 150 valence electrons. The van der Waals surface area contributed by atoms with Gasteiger partial charge in [0.1, 0.15) is 0 Å². The van der Waals surface area contributed by atoms with Crippen molar-refractivity contribution in [3.8, 4) is 17.2 Å². The normalized spacial score (nSPS) is 14.2. The SMILES string of the molecule is COc1cc(Nc2ncc(C(=O)N3CCCCCC3)cn2)cc(OC)c1OC. The highest BCUT2D eigenvalue weighted by molar-refractivity contribution is 5.93. The van der Waals surface area contributed by atoms with E-state index in [9.17, 15) is 4.79 Å². The van der Waals surface area contributed by atoms with E-state index in [-0.39, 0.29) is 5.91 Å². The Morgan fingerprint density at radius 3 is 2.00 bits per heavy atom. The molecule has 1 aliphatic rings. The molecule has 1 N–H and O–H groups in total. The maximum absolute atomic E-state index is 12.6. The molecular weight excluding hydrogens is 360 g/mol. The van der Waals surface area contributed by atoms with Crippen LogP contribution in [0, 0.1) is 0 Å². The maximum Gasteiger partial charge on any atom is 0.256 e. The summed E-state index contributed by atoms with van der Waals surface area (Å²) in [5.74, 6) is 1.92. The second-order valence-electron chi connectivity index (χ2n) is 6.54. The minimum absolute atomic E-state index is 0.0127. The highest BCUT2D eigenvalue weighted by atomic mass is 16.5. The monoisotopic (exact) mass is 386 g/mol. The first-order chi connectivity index (χ1) is 13.7. The summed E-state index contributed by atoms with van der Waals surface area (Å²) in [6.45, 7) is 1.59. The van der Waals surface area contributed by atoms with E-state index in [1.807, 2.05) is 4.90 Å². The van der Waals surface area contributed by atoms with E-state index in [2.05, 4.69) is 15.3 Å². The number of amides is 1. The number of methoxy groups -OCH3 is 3. The van der Waals surface area contributed by atoms with Crippen LogP contribution in [0.1, 0.15) is 36.0 Å². The number of rotatable bonds is 6. The molecule has 0 spiro atoms. The minimum Gasteiger partial charge on any atom is -0.493 e. The second-order valence-corrected chi connectivity index (χ2v) is 6.54. The number of hydrogen-bond donors (Lipinski definition) is 1. The van der Waals surface area contributed by atoms with E-state index in [1.165, 1.54) is 12.8 Å². The van der Waals surface area contributed by atoms with Crippen LogP contribution in [0.3, 0.4) is 0 Å². The Balaban J connectivity index is 1.74. The van der Waals surface area contributed by atoms with Crippen molar-refractivity contribution in [2.75, 3.05) is 39.7 Å². The molecule has 0 saturated carbocycles. The van der Waals surface area contributed by atoms with E-state index in [0.717, 1.165) is 25.9 Å². The van der Waals surface area contributed by atoms with Gasteiger partial charge in [0, 0.05) is 43.3 Å². The zero-order chi connectivity index (χ0) is 19.9. The summed E-state index contributed by atoms with van der Waals surface area (Å²) in [4.78, 5) is 23.1. The van der Waals surface area contributed by atoms with Gasteiger partial charge in [-0.05, 0) is 12.8 Å². The zero-order valence-electron chi connectivity index (χ0n) is 16.5. The fourth-order valence-corrected chi connectivity index (χ4v) is 3.24. The van der Waals surface area contributed by atoms with Gasteiger partial charge in [0.15, 0.2) is 11.5 Å². The number of likely N-dealkylation sites (tertiary alicyclic amines) is 1. The molecule has 1 aromatic heterocycles. The lowest BCUT2D eigenvalue weighted by Crippen LogP contribution is -2.32. The summed E-state index contributed by atoms with van der Waals surface area (Å²) in [5.41, 5.74) is 1.18. The Labute approximate surface area is 164 Å². The third-order valence-electron chi connectivity index (χ3n) is 4.71. The number of ether oxygens (including phenoxy) is 3. The summed E-state index contributed by atoms with van der Waals surface area (Å²) in [6.07, 6.45) is 7.57. The lowest BCUT2D eigenvalue weighted by Gasteiger charge is -2.20. The molecule has 8 nitrogen and oxygen atoms in total. The maximum atomic E-state index is 12.6. The highest BCUT2D eigenvalue weighted by Crippen LogP contribution is 2.40. The van der Waals surface area contributed by atoms with Crippen molar-refractivity contribution < 1.29 is 19.0 Å². The smallest absolute Gasteiger partial charge is 0.256 e. The topological polar surface area (TPSA) is 85.8 Å². The molecular formula is C20H26N4O4. The van der Waals surface area contributed by atoms with E-state index in [1.54, 1.807) is 45.9 Å². The van der Waals surface area contributed by atoms with Gasteiger partial charge in [-0.1, -0.05) is 12.8 Å². The molecule has 1 amide bonds. The standard InChI is InChI=1S/C20H26N4O4/c1-26-16-10-15(11-17(27-2)18(16)28-3)23-20-21-12-14(13-22-20)19(25)24-8-6-4-5-7-9-24/h10-13H,4-9H2,1-3H3,(H,21,22,23). The van der Waals surface area contributed by atoms with Crippen LogP contribution in [0.4, 0.5) is 11.6 Å². The molecule has 0 unspecified atom stereocenters. The molecule has 0 bridgehead atoms. The molecule has 28 heavy (non-hydrogen) atoms. The van der Waals surface area contributed by atoms with Crippen LogP contribution in [0.2, 0.25) is 0 Å². The number of hydrogen-bond acceptors (Lipinski definition) is 7. The van der Waals surface area contributed by atoms with E-state index >= 15 is 0 Å². The molecule has 0 aliphatic carbocycles.